The number of amides is 1. The van der Waals surface area contributed by atoms with E-state index in [0.29, 0.717) is 0 Å². The maximum Gasteiger partial charge on any atom is 0.405 e. The molecule has 0 spiro atoms. The van der Waals surface area contributed by atoms with E-state index in [0.717, 1.165) is 0 Å². The molecule has 0 heterocycles. The second kappa shape index (κ2) is 5.80. The average Bonchev–Trinajstić information content (AvgIpc) is 2.07. The Kier molecular flexibility index (Phi) is 5.42. The Morgan fingerprint density at radius 1 is 1.05 bits per heavy atom. The highest BCUT2D eigenvalue weighted by atomic mass is 32.2. The van der Waals surface area contributed by atoms with Crippen molar-refractivity contribution < 1.29 is 39.6 Å². The second-order valence-electron chi connectivity index (χ2n) is 3.55. The van der Waals surface area contributed by atoms with Crippen LogP contribution in [0.2, 0.25) is 0 Å². The third-order valence-electron chi connectivity index (χ3n) is 1.55. The van der Waals surface area contributed by atoms with Crippen LogP contribution in [-0.4, -0.2) is 44.7 Å². The molecule has 0 aromatic heterocycles. The van der Waals surface area contributed by atoms with E-state index in [1.807, 2.05) is 0 Å². The quantitative estimate of drug-likeness (QED) is 0.613. The highest BCUT2D eigenvalue weighted by Gasteiger charge is 2.36. The number of hydrogen-bond donors (Lipinski definition) is 1. The monoisotopic (exact) mass is 313 g/mol. The largest absolute Gasteiger partial charge is 0.405 e. The summed E-state index contributed by atoms with van der Waals surface area (Å²) in [6.07, 6.45) is -9.72. The Labute approximate surface area is 104 Å². The van der Waals surface area contributed by atoms with E-state index < -0.39 is 51.7 Å². The summed E-state index contributed by atoms with van der Waals surface area (Å²) < 4.78 is 92.7. The number of hydrogen-bond acceptors (Lipinski definition) is 3. The fourth-order valence-electron chi connectivity index (χ4n) is 0.937. The van der Waals surface area contributed by atoms with Crippen LogP contribution in [0.25, 0.3) is 0 Å². The van der Waals surface area contributed by atoms with Crippen LogP contribution in [0, 0.1) is 0 Å². The number of sulfone groups is 1. The van der Waals surface area contributed by atoms with Crippen LogP contribution in [0.1, 0.15) is 0 Å². The number of nitrogens with one attached hydrogen (secondary N) is 1. The van der Waals surface area contributed by atoms with E-state index in [9.17, 15) is 39.6 Å². The smallest absolute Gasteiger partial charge is 0.343 e. The Balaban J connectivity index is 4.50. The topological polar surface area (TPSA) is 63.2 Å². The number of halogens is 6. The van der Waals surface area contributed by atoms with Gasteiger partial charge in [-0.2, -0.15) is 26.3 Å². The highest BCUT2D eigenvalue weighted by Crippen LogP contribution is 2.18. The van der Waals surface area contributed by atoms with Gasteiger partial charge in [0.25, 0.3) is 0 Å². The lowest BCUT2D eigenvalue weighted by molar-refractivity contribution is -0.136. The fraction of sp³-hybridized carbons (Fsp3) is 0.625. The third kappa shape index (κ3) is 9.33. The van der Waals surface area contributed by atoms with Crippen molar-refractivity contribution in [1.82, 2.24) is 5.32 Å². The van der Waals surface area contributed by atoms with Gasteiger partial charge in [-0.1, -0.05) is 6.58 Å². The summed E-state index contributed by atoms with van der Waals surface area (Å²) >= 11 is 0. The molecule has 0 aromatic rings. The zero-order chi connectivity index (χ0) is 15.5. The average molecular weight is 313 g/mol. The SMILES string of the molecule is C=C(CS(=O)(=O)CC(F)(F)F)C(=O)NCC(F)(F)F. The molecule has 0 aliphatic rings. The van der Waals surface area contributed by atoms with Crippen molar-refractivity contribution in [2.45, 2.75) is 12.4 Å². The second-order valence-corrected chi connectivity index (χ2v) is 5.61. The van der Waals surface area contributed by atoms with Crippen molar-refractivity contribution in [3.05, 3.63) is 12.2 Å². The molecule has 0 fully saturated rings. The first-order valence-corrected chi connectivity index (χ1v) is 6.34. The van der Waals surface area contributed by atoms with E-state index in [-0.39, 0.29) is 0 Å². The first-order valence-electron chi connectivity index (χ1n) is 4.52. The summed E-state index contributed by atoms with van der Waals surface area (Å²) in [5.41, 5.74) is -0.895. The third-order valence-corrected chi connectivity index (χ3v) is 3.10. The molecule has 0 aliphatic carbocycles. The summed E-state index contributed by atoms with van der Waals surface area (Å²) in [5.74, 6) is -5.01. The van der Waals surface area contributed by atoms with E-state index in [2.05, 4.69) is 6.58 Å². The van der Waals surface area contributed by atoms with Crippen LogP contribution >= 0.6 is 0 Å². The molecule has 0 rings (SSSR count). The molecule has 112 valence electrons. The fourth-order valence-corrected chi connectivity index (χ4v) is 2.20. The van der Waals surface area contributed by atoms with Gasteiger partial charge in [-0.3, -0.25) is 4.79 Å². The van der Waals surface area contributed by atoms with Crippen molar-refractivity contribution in [2.24, 2.45) is 0 Å². The predicted octanol–water partition coefficient (Wildman–Crippen LogP) is 1.20. The predicted molar refractivity (Wildman–Crippen MR) is 52.9 cm³/mol. The lowest BCUT2D eigenvalue weighted by Crippen LogP contribution is -2.36. The Morgan fingerprint density at radius 3 is 1.89 bits per heavy atom. The Bertz CT molecular complexity index is 450. The standard InChI is InChI=1S/C8H9F6NO3S/c1-5(6(16)15-3-7(9,10)11)2-19(17,18)4-8(12,13)14/h1-4H2,(H,15,16). The first kappa shape index (κ1) is 17.7. The first-order chi connectivity index (χ1) is 8.22. The molecule has 0 aromatic carbocycles. The van der Waals surface area contributed by atoms with Crippen LogP contribution in [-0.2, 0) is 14.6 Å². The van der Waals surface area contributed by atoms with Crippen molar-refractivity contribution in [1.29, 1.82) is 0 Å². The van der Waals surface area contributed by atoms with Crippen molar-refractivity contribution in [2.75, 3.05) is 18.1 Å². The van der Waals surface area contributed by atoms with Crippen LogP contribution in [0.15, 0.2) is 12.2 Å². The van der Waals surface area contributed by atoms with Crippen molar-refractivity contribution >= 4 is 15.7 Å². The number of carbonyl (C=O) groups is 1. The molecule has 19 heavy (non-hydrogen) atoms. The van der Waals surface area contributed by atoms with Gasteiger partial charge in [-0.15, -0.1) is 0 Å². The number of rotatable bonds is 5. The molecule has 1 amide bonds. The van der Waals surface area contributed by atoms with Crippen LogP contribution in [0.3, 0.4) is 0 Å². The lowest BCUT2D eigenvalue weighted by Gasteiger charge is -2.11. The van der Waals surface area contributed by atoms with Gasteiger partial charge in [0.2, 0.25) is 5.91 Å². The number of alkyl halides is 6. The molecule has 0 bridgehead atoms. The zero-order valence-corrected chi connectivity index (χ0v) is 10.0. The van der Waals surface area contributed by atoms with E-state index in [4.69, 9.17) is 0 Å². The minimum atomic E-state index is -5.00. The lowest BCUT2D eigenvalue weighted by atomic mass is 10.3. The van der Waals surface area contributed by atoms with Gasteiger partial charge < -0.3 is 5.32 Å². The van der Waals surface area contributed by atoms with Gasteiger partial charge in [0.05, 0.1) is 5.75 Å². The van der Waals surface area contributed by atoms with E-state index in [1.54, 1.807) is 0 Å². The van der Waals surface area contributed by atoms with Crippen LogP contribution < -0.4 is 5.32 Å². The molecule has 11 heteroatoms. The minimum Gasteiger partial charge on any atom is -0.343 e. The van der Waals surface area contributed by atoms with Crippen LogP contribution in [0.4, 0.5) is 26.3 Å². The maximum atomic E-state index is 11.8. The molecule has 0 aliphatic heterocycles. The highest BCUT2D eigenvalue weighted by molar-refractivity contribution is 7.91. The molecule has 0 atom stereocenters. The molecule has 0 saturated heterocycles. The van der Waals surface area contributed by atoms with Gasteiger partial charge >= 0.3 is 12.4 Å². The normalized spacial score (nSPS) is 13.2. The van der Waals surface area contributed by atoms with E-state index >= 15 is 0 Å². The summed E-state index contributed by atoms with van der Waals surface area (Å²) in [6, 6.07) is 0. The number of carbonyl (C=O) groups excluding carboxylic acids is 1. The van der Waals surface area contributed by atoms with Gasteiger partial charge in [0, 0.05) is 5.57 Å². The van der Waals surface area contributed by atoms with Crippen LogP contribution in [0.5, 0.6) is 0 Å². The molecular weight excluding hydrogens is 304 g/mol. The molecule has 0 radical (unpaired) electrons. The summed E-state index contributed by atoms with van der Waals surface area (Å²) in [5, 5.41) is 1.30. The van der Waals surface area contributed by atoms with Crippen molar-refractivity contribution in [3.8, 4) is 0 Å². The van der Waals surface area contributed by atoms with Gasteiger partial charge in [0.1, 0.15) is 12.3 Å². The van der Waals surface area contributed by atoms with E-state index in [1.165, 1.54) is 5.32 Å². The summed E-state index contributed by atoms with van der Waals surface area (Å²) in [4.78, 5) is 11.0. The Morgan fingerprint density at radius 2 is 1.53 bits per heavy atom. The molecular formula is C8H9F6NO3S. The molecule has 0 unspecified atom stereocenters. The molecule has 4 nitrogen and oxygen atoms in total. The maximum absolute atomic E-state index is 11.8. The molecule has 1 N–H and O–H groups in total. The summed E-state index contributed by atoms with van der Waals surface area (Å²) in [6.45, 7) is 1.11. The van der Waals surface area contributed by atoms with Gasteiger partial charge in [-0.25, -0.2) is 8.42 Å². The van der Waals surface area contributed by atoms with Gasteiger partial charge in [-0.05, 0) is 0 Å². The van der Waals surface area contributed by atoms with Gasteiger partial charge in [0.15, 0.2) is 9.84 Å². The Hall–Kier alpha value is -1.26. The van der Waals surface area contributed by atoms with Crippen molar-refractivity contribution in [3.63, 3.8) is 0 Å². The molecule has 0 saturated carbocycles. The summed E-state index contributed by atoms with van der Waals surface area (Å²) in [7, 11) is -4.70. The zero-order valence-electron chi connectivity index (χ0n) is 9.23. The minimum absolute atomic E-state index is 0.895.